The maximum absolute atomic E-state index is 2.69. The SMILES string of the molecule is c1ccc2c(c1)B1c3cccc4c3N(c3cccc-2c31)c1cc2c3ccccc3c3ccccc3c2c2c1B4c1c-2ccc2c3ccccc3c3ccccc3c12. The van der Waals surface area contributed by atoms with Crippen LogP contribution in [-0.4, -0.2) is 13.4 Å². The third-order valence-corrected chi connectivity index (χ3v) is 14.2. The number of hydrogen-bond donors (Lipinski definition) is 0. The predicted molar refractivity (Wildman–Crippen MR) is 246 cm³/mol. The lowest BCUT2D eigenvalue weighted by molar-refractivity contribution is 1.31. The van der Waals surface area contributed by atoms with Crippen molar-refractivity contribution in [2.24, 2.45) is 0 Å². The van der Waals surface area contributed by atoms with E-state index in [-0.39, 0.29) is 13.4 Å². The van der Waals surface area contributed by atoms with Crippen LogP contribution in [0.25, 0.3) is 86.9 Å². The van der Waals surface area contributed by atoms with Crippen molar-refractivity contribution in [3.05, 3.63) is 176 Å². The van der Waals surface area contributed by atoms with Crippen LogP contribution in [0.4, 0.5) is 17.1 Å². The van der Waals surface area contributed by atoms with Gasteiger partial charge in [0.1, 0.15) is 0 Å². The first-order valence-electron chi connectivity index (χ1n) is 20.3. The number of hydrogen-bond acceptors (Lipinski definition) is 1. The van der Waals surface area contributed by atoms with Crippen LogP contribution in [-0.2, 0) is 0 Å². The molecule has 256 valence electrons. The van der Waals surface area contributed by atoms with Crippen molar-refractivity contribution in [1.82, 2.24) is 0 Å². The average Bonchev–Trinajstić information content (AvgIpc) is 3.81. The van der Waals surface area contributed by atoms with Gasteiger partial charge in [0, 0.05) is 17.1 Å². The van der Waals surface area contributed by atoms with Crippen LogP contribution in [0.1, 0.15) is 0 Å². The lowest BCUT2D eigenvalue weighted by atomic mass is 9.32. The minimum atomic E-state index is 0.0699. The van der Waals surface area contributed by atoms with Gasteiger partial charge in [-0.05, 0) is 121 Å². The van der Waals surface area contributed by atoms with E-state index < -0.39 is 0 Å². The molecule has 4 aliphatic heterocycles. The highest BCUT2D eigenvalue weighted by molar-refractivity contribution is 7.06. The number of benzene rings is 11. The zero-order valence-electron chi connectivity index (χ0n) is 30.8. The van der Waals surface area contributed by atoms with E-state index in [4.69, 9.17) is 0 Å². The lowest BCUT2D eigenvalue weighted by Crippen LogP contribution is -2.63. The summed E-state index contributed by atoms with van der Waals surface area (Å²) in [6.07, 6.45) is 0. The van der Waals surface area contributed by atoms with Gasteiger partial charge in [0.25, 0.3) is 0 Å². The Hall–Kier alpha value is -7.09. The van der Waals surface area contributed by atoms with E-state index in [9.17, 15) is 0 Å². The van der Waals surface area contributed by atoms with Gasteiger partial charge >= 0.3 is 0 Å². The van der Waals surface area contributed by atoms with Gasteiger partial charge in [0.05, 0.1) is 0 Å². The molecule has 0 atom stereocenters. The maximum Gasteiger partial charge on any atom is 0.249 e. The molecule has 0 N–H and O–H groups in total. The van der Waals surface area contributed by atoms with Crippen molar-refractivity contribution in [2.75, 3.05) is 4.90 Å². The van der Waals surface area contributed by atoms with Crippen LogP contribution >= 0.6 is 0 Å². The molecule has 11 aromatic rings. The average molecular weight is 713 g/mol. The molecule has 0 aromatic heterocycles. The van der Waals surface area contributed by atoms with Gasteiger partial charge in [0.2, 0.25) is 13.4 Å². The molecule has 0 spiro atoms. The fourth-order valence-corrected chi connectivity index (χ4v) is 12.3. The van der Waals surface area contributed by atoms with Crippen molar-refractivity contribution in [3.8, 4) is 22.3 Å². The molecular weight excluding hydrogens is 684 g/mol. The summed E-state index contributed by atoms with van der Waals surface area (Å²) >= 11 is 0. The molecule has 0 radical (unpaired) electrons. The quantitative estimate of drug-likeness (QED) is 0.112. The molecule has 3 heteroatoms. The second-order valence-electron chi connectivity index (χ2n) is 16.6. The van der Waals surface area contributed by atoms with Gasteiger partial charge in [-0.3, -0.25) is 0 Å². The molecule has 0 amide bonds. The number of anilines is 3. The van der Waals surface area contributed by atoms with Gasteiger partial charge in [0.15, 0.2) is 0 Å². The molecule has 11 aromatic carbocycles. The third-order valence-electron chi connectivity index (χ3n) is 14.2. The highest BCUT2D eigenvalue weighted by Gasteiger charge is 2.50. The molecule has 1 nitrogen and oxygen atoms in total. The molecular formula is C54H29B2N. The summed E-state index contributed by atoms with van der Waals surface area (Å²) in [5, 5.41) is 16.0. The van der Waals surface area contributed by atoms with E-state index in [2.05, 4.69) is 181 Å². The fraction of sp³-hybridized carbons (Fsp3) is 0. The summed E-state index contributed by atoms with van der Waals surface area (Å²) in [4.78, 5) is 2.69. The Morgan fingerprint density at radius 3 is 1.51 bits per heavy atom. The molecule has 0 aliphatic carbocycles. The van der Waals surface area contributed by atoms with Crippen LogP contribution in [0.3, 0.4) is 0 Å². The van der Waals surface area contributed by atoms with E-state index in [0.29, 0.717) is 0 Å². The van der Waals surface area contributed by atoms with Crippen LogP contribution in [0, 0.1) is 0 Å². The number of rotatable bonds is 0. The first-order chi connectivity index (χ1) is 28.3. The molecule has 4 heterocycles. The highest BCUT2D eigenvalue weighted by atomic mass is 15.2. The van der Waals surface area contributed by atoms with Crippen LogP contribution in [0.2, 0.25) is 0 Å². The summed E-state index contributed by atoms with van der Waals surface area (Å²) in [6.45, 7) is 0.267. The van der Waals surface area contributed by atoms with Crippen LogP contribution in [0.5, 0.6) is 0 Å². The summed E-state index contributed by atoms with van der Waals surface area (Å²) in [5.74, 6) is 0. The highest BCUT2D eigenvalue weighted by Crippen LogP contribution is 2.50. The van der Waals surface area contributed by atoms with Gasteiger partial charge in [-0.15, -0.1) is 0 Å². The zero-order valence-corrected chi connectivity index (χ0v) is 30.8. The third kappa shape index (κ3) is 3.29. The first-order valence-corrected chi connectivity index (χ1v) is 20.3. The minimum absolute atomic E-state index is 0.0699. The molecule has 15 rings (SSSR count). The van der Waals surface area contributed by atoms with E-state index >= 15 is 0 Å². The summed E-state index contributed by atoms with van der Waals surface area (Å²) < 4.78 is 0. The first kappa shape index (κ1) is 29.2. The number of nitrogens with zero attached hydrogens (tertiary/aromatic N) is 1. The van der Waals surface area contributed by atoms with Crippen LogP contribution < -0.4 is 37.7 Å². The van der Waals surface area contributed by atoms with E-state index in [0.717, 1.165) is 0 Å². The number of fused-ring (bicyclic) bond motifs is 24. The van der Waals surface area contributed by atoms with E-state index in [1.54, 1.807) is 0 Å². The Morgan fingerprint density at radius 2 is 0.807 bits per heavy atom. The topological polar surface area (TPSA) is 3.24 Å². The summed E-state index contributed by atoms with van der Waals surface area (Å²) in [6, 6.07) is 67.3. The van der Waals surface area contributed by atoms with Gasteiger partial charge < -0.3 is 4.90 Å². The molecule has 0 saturated heterocycles. The maximum atomic E-state index is 2.69. The van der Waals surface area contributed by atoms with Gasteiger partial charge in [-0.25, -0.2) is 0 Å². The predicted octanol–water partition coefficient (Wildman–Crippen LogP) is 9.70. The Kier molecular flexibility index (Phi) is 5.13. The van der Waals surface area contributed by atoms with Gasteiger partial charge in [-0.2, -0.15) is 0 Å². The Labute approximate surface area is 329 Å². The van der Waals surface area contributed by atoms with Crippen molar-refractivity contribution in [3.63, 3.8) is 0 Å². The summed E-state index contributed by atoms with van der Waals surface area (Å²) in [5.41, 5.74) is 18.1. The van der Waals surface area contributed by atoms with Crippen molar-refractivity contribution < 1.29 is 0 Å². The molecule has 0 saturated carbocycles. The van der Waals surface area contributed by atoms with Crippen molar-refractivity contribution >= 4 is 128 Å². The molecule has 4 aliphatic rings. The normalized spacial score (nSPS) is 13.9. The number of para-hydroxylation sites is 1. The van der Waals surface area contributed by atoms with E-state index in [1.165, 1.54) is 137 Å². The van der Waals surface area contributed by atoms with Crippen molar-refractivity contribution in [2.45, 2.75) is 0 Å². The Bertz CT molecular complexity index is 3700. The smallest absolute Gasteiger partial charge is 0.249 e. The second-order valence-corrected chi connectivity index (χ2v) is 16.6. The Morgan fingerprint density at radius 1 is 0.298 bits per heavy atom. The monoisotopic (exact) mass is 713 g/mol. The standard InChI is InChI=1S/C54H29B2N/c1-3-17-34-30(13-1)33-16-6-8-21-38(33)49-39(34)27-28-41-50-48-37-20-7-5-15-32(37)31-14-2-4-18-35(31)42(48)29-47-53(50)56(52(41)49)45-25-12-24-44-54(45)57(47)46-26-11-22-40-36-19-9-10-23-43(36)55(44)51(40)46/h1-29H. The largest absolute Gasteiger partial charge is 0.312 e. The fourth-order valence-electron chi connectivity index (χ4n) is 12.3. The Balaban J connectivity index is 1.20. The second kappa shape index (κ2) is 10.0. The zero-order chi connectivity index (χ0) is 36.7. The van der Waals surface area contributed by atoms with Crippen molar-refractivity contribution in [1.29, 1.82) is 0 Å². The summed E-state index contributed by atoms with van der Waals surface area (Å²) in [7, 11) is 0. The molecule has 0 unspecified atom stereocenters. The van der Waals surface area contributed by atoms with Crippen LogP contribution in [0.15, 0.2) is 176 Å². The molecule has 0 fully saturated rings. The molecule has 0 bridgehead atoms. The molecule has 57 heavy (non-hydrogen) atoms. The van der Waals surface area contributed by atoms with E-state index in [1.807, 2.05) is 0 Å². The van der Waals surface area contributed by atoms with Gasteiger partial charge in [-0.1, -0.05) is 175 Å². The lowest BCUT2D eigenvalue weighted by Gasteiger charge is -2.43. The minimum Gasteiger partial charge on any atom is -0.312 e.